The highest BCUT2D eigenvalue weighted by atomic mass is 16.1. The van der Waals surface area contributed by atoms with E-state index in [0.29, 0.717) is 5.92 Å². The van der Waals surface area contributed by atoms with Crippen molar-refractivity contribution in [1.82, 2.24) is 0 Å². The summed E-state index contributed by atoms with van der Waals surface area (Å²) in [7, 11) is 0. The SMILES string of the molecule is CC(=O)CC(=O)C1CC1C. The van der Waals surface area contributed by atoms with Gasteiger partial charge in [0.25, 0.3) is 0 Å². The second-order valence-electron chi connectivity index (χ2n) is 3.16. The van der Waals surface area contributed by atoms with Crippen LogP contribution in [0.4, 0.5) is 0 Å². The van der Waals surface area contributed by atoms with Crippen LogP contribution in [-0.2, 0) is 9.59 Å². The molecule has 1 saturated carbocycles. The third-order valence-corrected chi connectivity index (χ3v) is 1.95. The van der Waals surface area contributed by atoms with Crippen LogP contribution in [0.5, 0.6) is 0 Å². The Morgan fingerprint density at radius 2 is 2.00 bits per heavy atom. The van der Waals surface area contributed by atoms with E-state index < -0.39 is 0 Å². The zero-order valence-corrected chi connectivity index (χ0v) is 6.39. The van der Waals surface area contributed by atoms with Crippen molar-refractivity contribution in [3.8, 4) is 0 Å². The van der Waals surface area contributed by atoms with Gasteiger partial charge in [-0.25, -0.2) is 0 Å². The van der Waals surface area contributed by atoms with Crippen LogP contribution in [0.25, 0.3) is 0 Å². The molecule has 0 amide bonds. The maximum atomic E-state index is 11.0. The lowest BCUT2D eigenvalue weighted by atomic mass is 10.1. The summed E-state index contributed by atoms with van der Waals surface area (Å²) in [5, 5.41) is 0. The van der Waals surface area contributed by atoms with E-state index >= 15 is 0 Å². The number of hydrogen-bond donors (Lipinski definition) is 0. The van der Waals surface area contributed by atoms with Crippen molar-refractivity contribution >= 4 is 11.6 Å². The molecule has 1 fully saturated rings. The molecule has 0 spiro atoms. The quantitative estimate of drug-likeness (QED) is 0.552. The molecule has 1 aliphatic rings. The summed E-state index contributed by atoms with van der Waals surface area (Å²) in [4.78, 5) is 21.5. The summed E-state index contributed by atoms with van der Waals surface area (Å²) in [5.74, 6) is 0.875. The van der Waals surface area contributed by atoms with Crippen molar-refractivity contribution in [2.45, 2.75) is 26.7 Å². The minimum atomic E-state index is -0.0101. The highest BCUT2D eigenvalue weighted by molar-refractivity contribution is 6.00. The molecule has 1 rings (SSSR count). The number of rotatable bonds is 3. The molecule has 56 valence electrons. The van der Waals surface area contributed by atoms with Crippen LogP contribution in [0.15, 0.2) is 0 Å². The Bertz CT molecular complexity index is 172. The van der Waals surface area contributed by atoms with Gasteiger partial charge in [0, 0.05) is 5.92 Å². The first kappa shape index (κ1) is 7.45. The van der Waals surface area contributed by atoms with Crippen molar-refractivity contribution in [2.24, 2.45) is 11.8 Å². The Hall–Kier alpha value is -0.660. The summed E-state index contributed by atoms with van der Waals surface area (Å²) in [5.41, 5.74) is 0. The zero-order valence-electron chi connectivity index (χ0n) is 6.39. The lowest BCUT2D eigenvalue weighted by molar-refractivity contribution is -0.126. The molecular weight excluding hydrogens is 128 g/mol. The first-order chi connectivity index (χ1) is 4.61. The fourth-order valence-electron chi connectivity index (χ4n) is 1.15. The molecule has 1 aliphatic carbocycles. The Kier molecular flexibility index (Phi) is 1.88. The summed E-state index contributed by atoms with van der Waals surface area (Å²) in [6.45, 7) is 3.51. The first-order valence-electron chi connectivity index (χ1n) is 3.63. The molecule has 0 aromatic carbocycles. The molecule has 2 heteroatoms. The summed E-state index contributed by atoms with van der Waals surface area (Å²) in [6, 6.07) is 0. The van der Waals surface area contributed by atoms with Gasteiger partial charge >= 0.3 is 0 Å². The molecule has 0 aromatic heterocycles. The Labute approximate surface area is 60.6 Å². The largest absolute Gasteiger partial charge is 0.300 e. The molecule has 0 aromatic rings. The fraction of sp³-hybridized carbons (Fsp3) is 0.750. The molecule has 2 atom stereocenters. The molecule has 0 N–H and O–H groups in total. The van der Waals surface area contributed by atoms with E-state index in [1.165, 1.54) is 6.92 Å². The summed E-state index contributed by atoms with van der Waals surface area (Å²) in [6.07, 6.45) is 1.14. The van der Waals surface area contributed by atoms with Gasteiger partial charge in [0.05, 0.1) is 6.42 Å². The number of hydrogen-bond acceptors (Lipinski definition) is 2. The van der Waals surface area contributed by atoms with Crippen molar-refractivity contribution < 1.29 is 9.59 Å². The molecule has 10 heavy (non-hydrogen) atoms. The summed E-state index contributed by atoms with van der Waals surface area (Å²) >= 11 is 0. The van der Waals surface area contributed by atoms with Gasteiger partial charge in [-0.2, -0.15) is 0 Å². The first-order valence-corrected chi connectivity index (χ1v) is 3.63. The third-order valence-electron chi connectivity index (χ3n) is 1.95. The number of carbonyl (C=O) groups is 2. The minimum absolute atomic E-state index is 0.0101. The molecule has 0 bridgehead atoms. The van der Waals surface area contributed by atoms with Gasteiger partial charge in [0.2, 0.25) is 0 Å². The smallest absolute Gasteiger partial charge is 0.143 e. The van der Waals surface area contributed by atoms with Gasteiger partial charge in [-0.3, -0.25) is 9.59 Å². The van der Waals surface area contributed by atoms with E-state index in [4.69, 9.17) is 0 Å². The minimum Gasteiger partial charge on any atom is -0.300 e. The van der Waals surface area contributed by atoms with Crippen LogP contribution in [0.1, 0.15) is 26.7 Å². The van der Waals surface area contributed by atoms with Crippen LogP contribution in [0, 0.1) is 11.8 Å². The van der Waals surface area contributed by atoms with Gasteiger partial charge in [0.1, 0.15) is 11.6 Å². The number of ketones is 2. The van der Waals surface area contributed by atoms with Gasteiger partial charge in [0.15, 0.2) is 0 Å². The Morgan fingerprint density at radius 3 is 2.30 bits per heavy atom. The van der Waals surface area contributed by atoms with Crippen molar-refractivity contribution in [1.29, 1.82) is 0 Å². The normalized spacial score (nSPS) is 29.8. The van der Waals surface area contributed by atoms with Crippen LogP contribution in [0.2, 0.25) is 0 Å². The van der Waals surface area contributed by atoms with Gasteiger partial charge in [-0.1, -0.05) is 6.92 Å². The van der Waals surface area contributed by atoms with Gasteiger partial charge in [-0.15, -0.1) is 0 Å². The van der Waals surface area contributed by atoms with Gasteiger partial charge < -0.3 is 0 Å². The lowest BCUT2D eigenvalue weighted by Gasteiger charge is -1.91. The van der Waals surface area contributed by atoms with E-state index in [2.05, 4.69) is 0 Å². The number of Topliss-reactive ketones (excluding diaryl/α,β-unsaturated/α-hetero) is 2. The topological polar surface area (TPSA) is 34.1 Å². The Balaban J connectivity index is 2.30. The highest BCUT2D eigenvalue weighted by Crippen LogP contribution is 2.39. The van der Waals surface area contributed by atoms with E-state index in [1.54, 1.807) is 0 Å². The van der Waals surface area contributed by atoms with E-state index in [0.717, 1.165) is 6.42 Å². The van der Waals surface area contributed by atoms with Gasteiger partial charge in [-0.05, 0) is 19.3 Å². The molecule has 2 unspecified atom stereocenters. The maximum absolute atomic E-state index is 11.0. The van der Waals surface area contributed by atoms with Crippen LogP contribution in [0.3, 0.4) is 0 Å². The standard InChI is InChI=1S/C8H12O2/c1-5-3-7(5)8(10)4-6(2)9/h5,7H,3-4H2,1-2H3. The second kappa shape index (κ2) is 2.52. The van der Waals surface area contributed by atoms with Crippen LogP contribution >= 0.6 is 0 Å². The molecule has 2 nitrogen and oxygen atoms in total. The van der Waals surface area contributed by atoms with Crippen LogP contribution in [-0.4, -0.2) is 11.6 Å². The van der Waals surface area contributed by atoms with E-state index in [-0.39, 0.29) is 23.9 Å². The molecule has 0 aliphatic heterocycles. The van der Waals surface area contributed by atoms with Crippen LogP contribution < -0.4 is 0 Å². The maximum Gasteiger partial charge on any atom is 0.143 e. The van der Waals surface area contributed by atoms with E-state index in [1.807, 2.05) is 6.92 Å². The van der Waals surface area contributed by atoms with Crippen molar-refractivity contribution in [3.05, 3.63) is 0 Å². The predicted octanol–water partition coefficient (Wildman–Crippen LogP) is 1.19. The number of carbonyl (C=O) groups excluding carboxylic acids is 2. The predicted molar refractivity (Wildman–Crippen MR) is 37.6 cm³/mol. The van der Waals surface area contributed by atoms with Crippen molar-refractivity contribution in [3.63, 3.8) is 0 Å². The third kappa shape index (κ3) is 1.66. The average Bonchev–Trinajstić information content (AvgIpc) is 2.44. The average molecular weight is 140 g/mol. The van der Waals surface area contributed by atoms with E-state index in [9.17, 15) is 9.59 Å². The lowest BCUT2D eigenvalue weighted by Crippen LogP contribution is -2.06. The summed E-state index contributed by atoms with van der Waals surface area (Å²) < 4.78 is 0. The Morgan fingerprint density at radius 1 is 1.50 bits per heavy atom. The monoisotopic (exact) mass is 140 g/mol. The molecular formula is C8H12O2. The second-order valence-corrected chi connectivity index (χ2v) is 3.16. The fourth-order valence-corrected chi connectivity index (χ4v) is 1.15. The zero-order chi connectivity index (χ0) is 7.72. The molecule has 0 heterocycles. The molecule has 0 saturated heterocycles. The van der Waals surface area contributed by atoms with Crippen molar-refractivity contribution in [2.75, 3.05) is 0 Å². The highest BCUT2D eigenvalue weighted by Gasteiger charge is 2.38. The molecule has 0 radical (unpaired) electrons.